The Morgan fingerprint density at radius 1 is 0.848 bits per heavy atom. The highest BCUT2D eigenvalue weighted by atomic mass is 16.4. The van der Waals surface area contributed by atoms with Crippen LogP contribution in [0.5, 0.6) is 0 Å². The van der Waals surface area contributed by atoms with Gasteiger partial charge in [-0.2, -0.15) is 0 Å². The molecule has 1 aromatic rings. The van der Waals surface area contributed by atoms with Gasteiger partial charge >= 0.3 is 5.97 Å². The number of aliphatic carboxylic acids is 1. The highest BCUT2D eigenvalue weighted by Gasteiger charge is 2.33. The molecule has 0 aliphatic carbocycles. The lowest BCUT2D eigenvalue weighted by atomic mass is 10.0. The number of quaternary nitrogens is 1. The maximum absolute atomic E-state index is 13.3. The Balaban J connectivity index is 2.14. The third-order valence-corrected chi connectivity index (χ3v) is 7.40. The number of carbonyl (C=O) groups excluding carboxylic acids is 5. The van der Waals surface area contributed by atoms with E-state index in [-0.39, 0.29) is 24.8 Å². The first-order chi connectivity index (χ1) is 21.8. The van der Waals surface area contributed by atoms with Crippen molar-refractivity contribution in [1.29, 1.82) is 0 Å². The third-order valence-electron chi connectivity index (χ3n) is 7.40. The summed E-state index contributed by atoms with van der Waals surface area (Å²) in [4.78, 5) is 76.2. The lowest BCUT2D eigenvalue weighted by Gasteiger charge is -2.26. The van der Waals surface area contributed by atoms with Gasteiger partial charge in [0.25, 0.3) is 5.91 Å². The molecule has 2 rings (SSSR count). The van der Waals surface area contributed by atoms with E-state index < -0.39 is 72.7 Å². The maximum Gasteiger partial charge on any atom is 0.325 e. The van der Waals surface area contributed by atoms with Gasteiger partial charge < -0.3 is 53.6 Å². The fraction of sp³-hybridized carbons (Fsp3) is 0.586. The van der Waals surface area contributed by atoms with Crippen LogP contribution in [-0.4, -0.2) is 108 Å². The molecule has 1 aliphatic heterocycles. The van der Waals surface area contributed by atoms with Crippen LogP contribution in [0, 0.1) is 0 Å². The van der Waals surface area contributed by atoms with Crippen LogP contribution in [0.2, 0.25) is 0 Å². The number of amides is 5. The largest absolute Gasteiger partial charge is 0.480 e. The van der Waals surface area contributed by atoms with Crippen LogP contribution in [0.25, 0.3) is 0 Å². The van der Waals surface area contributed by atoms with E-state index in [0.29, 0.717) is 24.9 Å². The average molecular weight is 651 g/mol. The molecule has 17 heteroatoms. The monoisotopic (exact) mass is 650 g/mol. The predicted molar refractivity (Wildman–Crippen MR) is 165 cm³/mol. The molecule has 0 saturated carbocycles. The van der Waals surface area contributed by atoms with Crippen molar-refractivity contribution in [3.63, 3.8) is 0 Å². The number of rotatable bonds is 19. The van der Waals surface area contributed by atoms with Crippen LogP contribution >= 0.6 is 0 Å². The van der Waals surface area contributed by atoms with Crippen molar-refractivity contribution in [1.82, 2.24) is 31.9 Å². The molecule has 1 aromatic carbocycles. The number of hydrogen-bond acceptors (Lipinski definition) is 10. The van der Waals surface area contributed by atoms with Gasteiger partial charge in [-0.3, -0.25) is 34.1 Å². The molecule has 6 atom stereocenters. The van der Waals surface area contributed by atoms with Crippen molar-refractivity contribution in [2.45, 2.75) is 88.5 Å². The first-order valence-corrected chi connectivity index (χ1v) is 15.3. The molecule has 1 heterocycles. The smallest absolute Gasteiger partial charge is 0.325 e. The van der Waals surface area contributed by atoms with Crippen molar-refractivity contribution in [2.75, 3.05) is 19.7 Å². The summed E-state index contributed by atoms with van der Waals surface area (Å²) in [6.45, 7) is 2.96. The van der Waals surface area contributed by atoms with Gasteiger partial charge in [0.15, 0.2) is 6.04 Å². The molecular formula is C29H48N9O8+. The van der Waals surface area contributed by atoms with Crippen LogP contribution in [0.3, 0.4) is 0 Å². The van der Waals surface area contributed by atoms with E-state index in [1.807, 2.05) is 5.32 Å². The Hall–Kier alpha value is -4.16. The molecule has 17 nitrogen and oxygen atoms in total. The van der Waals surface area contributed by atoms with Crippen molar-refractivity contribution < 1.29 is 44.3 Å². The summed E-state index contributed by atoms with van der Waals surface area (Å²) in [5.41, 5.74) is 11.7. The zero-order valence-corrected chi connectivity index (χ0v) is 26.2. The van der Waals surface area contributed by atoms with E-state index in [9.17, 15) is 33.9 Å². The minimum absolute atomic E-state index is 0.00275. The molecule has 5 amide bonds. The van der Waals surface area contributed by atoms with Crippen LogP contribution in [0.15, 0.2) is 30.3 Å². The Morgan fingerprint density at radius 2 is 1.46 bits per heavy atom. The molecule has 0 unspecified atom stereocenters. The molecule has 1 fully saturated rings. The molecule has 0 radical (unpaired) electrons. The molecular weight excluding hydrogens is 602 g/mol. The lowest BCUT2D eigenvalue weighted by molar-refractivity contribution is -0.657. The van der Waals surface area contributed by atoms with E-state index in [1.165, 1.54) is 13.8 Å². The molecule has 0 bridgehead atoms. The second kappa shape index (κ2) is 19.4. The number of carboxylic acids is 1. The average Bonchev–Trinajstić information content (AvgIpc) is 3.56. The second-order valence-electron chi connectivity index (χ2n) is 11.2. The summed E-state index contributed by atoms with van der Waals surface area (Å²) >= 11 is 0. The maximum atomic E-state index is 13.3. The van der Waals surface area contributed by atoms with Gasteiger partial charge in [0.2, 0.25) is 23.6 Å². The van der Waals surface area contributed by atoms with E-state index in [0.717, 1.165) is 13.0 Å². The minimum Gasteiger partial charge on any atom is -0.480 e. The molecule has 256 valence electrons. The number of nitrogens with two attached hydrogens (primary N) is 3. The van der Waals surface area contributed by atoms with Gasteiger partial charge in [-0.1, -0.05) is 30.3 Å². The first kappa shape index (κ1) is 38.0. The minimum atomic E-state index is -1.48. The highest BCUT2D eigenvalue weighted by molar-refractivity contribution is 5.96. The van der Waals surface area contributed by atoms with Gasteiger partial charge in [0.1, 0.15) is 36.5 Å². The predicted octanol–water partition coefficient (Wildman–Crippen LogP) is -4.93. The van der Waals surface area contributed by atoms with Crippen molar-refractivity contribution in [2.24, 2.45) is 11.5 Å². The zero-order valence-electron chi connectivity index (χ0n) is 26.2. The fourth-order valence-corrected chi connectivity index (χ4v) is 4.71. The molecule has 0 spiro atoms. The van der Waals surface area contributed by atoms with Crippen molar-refractivity contribution in [3.8, 4) is 0 Å². The number of carboxylic acid groups (broad SMARTS) is 1. The van der Waals surface area contributed by atoms with Crippen molar-refractivity contribution >= 4 is 35.5 Å². The summed E-state index contributed by atoms with van der Waals surface area (Å²) in [5, 5.41) is 36.3. The number of benzene rings is 1. The summed E-state index contributed by atoms with van der Waals surface area (Å²) in [7, 11) is 0. The standard InChI is InChI=1S/C29H47N9O8/c1-16(23(40)35-17(2)28(45)46)34-26(43)21(14-18-8-4-3-5-9-18)37-27(44)22(15-39)38-25(42)20(11-7-13-33-29(30)31)36-24(41)19-10-6-12-32-19/h3-5,8-9,16-17,19-22,29,32-33,39H,6-7,10-15,30-31H2,1-2H3,(H,34,43)(H,35,40)(H,36,41)(H,37,44)(H,38,42)(H,45,46)/p+1/t16-,17-,19-,20-,21-,22-/m0/s1. The summed E-state index contributed by atoms with van der Waals surface area (Å²) < 4.78 is 0. The van der Waals surface area contributed by atoms with Gasteiger partial charge in [-0.05, 0) is 38.8 Å². The van der Waals surface area contributed by atoms with Crippen LogP contribution in [0.1, 0.15) is 45.1 Å². The van der Waals surface area contributed by atoms with Gasteiger partial charge in [0.05, 0.1) is 13.2 Å². The van der Waals surface area contributed by atoms with Crippen LogP contribution in [0.4, 0.5) is 0 Å². The Kier molecular flexibility index (Phi) is 16.0. The Morgan fingerprint density at radius 3 is 2.04 bits per heavy atom. The molecule has 1 aliphatic rings. The number of aliphatic hydroxyl groups excluding tert-OH is 1. The lowest BCUT2D eigenvalue weighted by Crippen LogP contribution is -2.89. The topological polar surface area (TPSA) is 284 Å². The zero-order chi connectivity index (χ0) is 34.2. The number of hydrogen-bond donors (Lipinski definition) is 11. The Bertz CT molecular complexity index is 1180. The third kappa shape index (κ3) is 13.1. The SMILES string of the molecule is C[C@H](NC(=O)[C@H](C)NC(=O)[C@H](Cc1ccccc1)NC(=O)[C@H](CO)NC(=O)[C@H](CCCNC(N)N)NC(=O)[C@@H]1CCC[NH2+]1)C(=O)O. The summed E-state index contributed by atoms with van der Waals surface area (Å²) in [5.74, 6) is -4.67. The highest BCUT2D eigenvalue weighted by Crippen LogP contribution is 2.06. The number of nitrogens with one attached hydrogen (secondary N) is 6. The molecule has 14 N–H and O–H groups in total. The van der Waals surface area contributed by atoms with E-state index in [2.05, 4.69) is 31.9 Å². The van der Waals surface area contributed by atoms with E-state index >= 15 is 0 Å². The number of carbonyl (C=O) groups is 6. The summed E-state index contributed by atoms with van der Waals surface area (Å²) in [6.07, 6.45) is 1.35. The van der Waals surface area contributed by atoms with Crippen LogP contribution < -0.4 is 48.7 Å². The van der Waals surface area contributed by atoms with Gasteiger partial charge in [-0.15, -0.1) is 0 Å². The second-order valence-corrected chi connectivity index (χ2v) is 11.2. The normalized spacial score (nSPS) is 17.6. The number of aliphatic hydroxyl groups is 1. The van der Waals surface area contributed by atoms with Crippen LogP contribution in [-0.2, 0) is 35.2 Å². The quantitative estimate of drug-likeness (QED) is 0.0498. The molecule has 1 saturated heterocycles. The van der Waals surface area contributed by atoms with Gasteiger partial charge in [0, 0.05) is 19.3 Å². The fourth-order valence-electron chi connectivity index (χ4n) is 4.71. The van der Waals surface area contributed by atoms with E-state index in [4.69, 9.17) is 16.6 Å². The molecule has 46 heavy (non-hydrogen) atoms. The molecule has 0 aromatic heterocycles. The first-order valence-electron chi connectivity index (χ1n) is 15.3. The van der Waals surface area contributed by atoms with E-state index in [1.54, 1.807) is 30.3 Å². The van der Waals surface area contributed by atoms with Crippen molar-refractivity contribution in [3.05, 3.63) is 35.9 Å². The Labute approximate surface area is 267 Å². The summed E-state index contributed by atoms with van der Waals surface area (Å²) in [6, 6.07) is 2.26. The van der Waals surface area contributed by atoms with Gasteiger partial charge in [-0.25, -0.2) is 0 Å².